The van der Waals surface area contributed by atoms with Crippen LogP contribution in [0.15, 0.2) is 59.5 Å². The molecular formula is C28H29N3O3S. The van der Waals surface area contributed by atoms with Gasteiger partial charge in [-0.25, -0.2) is 0 Å². The van der Waals surface area contributed by atoms with Crippen LogP contribution in [0.1, 0.15) is 28.1 Å². The third kappa shape index (κ3) is 4.79. The maximum atomic E-state index is 13.0. The van der Waals surface area contributed by atoms with Crippen LogP contribution in [0, 0.1) is 20.8 Å². The van der Waals surface area contributed by atoms with Gasteiger partial charge in [0.15, 0.2) is 0 Å². The lowest BCUT2D eigenvalue weighted by Crippen LogP contribution is -2.36. The number of benzene rings is 2. The molecule has 1 aromatic heterocycles. The van der Waals surface area contributed by atoms with Crippen molar-refractivity contribution in [1.29, 1.82) is 0 Å². The van der Waals surface area contributed by atoms with Crippen LogP contribution in [-0.4, -0.2) is 46.9 Å². The molecule has 0 unspecified atom stereocenters. The Hall–Kier alpha value is -3.29. The van der Waals surface area contributed by atoms with E-state index in [9.17, 15) is 9.59 Å². The van der Waals surface area contributed by atoms with E-state index in [-0.39, 0.29) is 17.7 Å². The van der Waals surface area contributed by atoms with Gasteiger partial charge in [-0.15, -0.1) is 0 Å². The first kappa shape index (κ1) is 23.5. The minimum absolute atomic E-state index is 0.227. The first-order valence-corrected chi connectivity index (χ1v) is 12.7. The molecule has 6 nitrogen and oxygen atoms in total. The number of carbonyl (C=O) groups excluding carboxylic acids is 2. The lowest BCUT2D eigenvalue weighted by atomic mass is 10.1. The summed E-state index contributed by atoms with van der Waals surface area (Å²) < 4.78 is 7.64. The van der Waals surface area contributed by atoms with Crippen LogP contribution in [0.5, 0.6) is 0 Å². The second kappa shape index (κ2) is 9.76. The third-order valence-corrected chi connectivity index (χ3v) is 7.48. The molecule has 2 aliphatic heterocycles. The molecule has 0 N–H and O–H groups in total. The molecule has 2 aromatic carbocycles. The smallest absolute Gasteiger partial charge is 0.293 e. The number of carbonyl (C=O) groups is 2. The van der Waals surface area contributed by atoms with Gasteiger partial charge in [0.2, 0.25) is 0 Å². The van der Waals surface area contributed by atoms with Crippen LogP contribution in [-0.2, 0) is 16.1 Å². The highest BCUT2D eigenvalue weighted by Crippen LogP contribution is 2.35. The molecule has 7 heteroatoms. The predicted octanol–water partition coefficient (Wildman–Crippen LogP) is 5.48. The second-order valence-corrected chi connectivity index (χ2v) is 10.0. The number of hydrogen-bond acceptors (Lipinski definition) is 5. The Morgan fingerprint density at radius 1 is 0.914 bits per heavy atom. The zero-order valence-electron chi connectivity index (χ0n) is 20.3. The topological polar surface area (TPSA) is 54.8 Å². The number of nitrogens with zero attached hydrogens (tertiary/aromatic N) is 3. The molecule has 2 saturated heterocycles. The second-order valence-electron chi connectivity index (χ2n) is 9.03. The highest BCUT2D eigenvalue weighted by molar-refractivity contribution is 8.18. The van der Waals surface area contributed by atoms with Crippen LogP contribution >= 0.6 is 11.8 Å². The molecule has 35 heavy (non-hydrogen) atoms. The van der Waals surface area contributed by atoms with Crippen molar-refractivity contribution in [1.82, 2.24) is 9.47 Å². The van der Waals surface area contributed by atoms with Crippen molar-refractivity contribution in [2.75, 3.05) is 31.2 Å². The van der Waals surface area contributed by atoms with E-state index in [1.807, 2.05) is 44.2 Å². The van der Waals surface area contributed by atoms with Crippen molar-refractivity contribution in [3.05, 3.63) is 87.6 Å². The summed E-state index contributed by atoms with van der Waals surface area (Å²) in [6.07, 6.45) is 1.85. The fraction of sp³-hybridized carbons (Fsp3) is 0.286. The summed E-state index contributed by atoms with van der Waals surface area (Å²) >= 11 is 1.01. The van der Waals surface area contributed by atoms with Crippen molar-refractivity contribution >= 4 is 34.7 Å². The average Bonchev–Trinajstić information content (AvgIpc) is 3.30. The molecule has 0 atom stereocenters. The first-order chi connectivity index (χ1) is 16.9. The Morgan fingerprint density at radius 2 is 1.57 bits per heavy atom. The number of aromatic nitrogens is 1. The van der Waals surface area contributed by atoms with E-state index in [1.54, 1.807) is 0 Å². The molecule has 2 amide bonds. The van der Waals surface area contributed by atoms with Gasteiger partial charge in [0, 0.05) is 35.9 Å². The number of imide groups is 1. The molecule has 0 bridgehead atoms. The van der Waals surface area contributed by atoms with Gasteiger partial charge in [-0.1, -0.05) is 29.8 Å². The minimum Gasteiger partial charge on any atom is -0.378 e. The van der Waals surface area contributed by atoms with E-state index in [1.165, 1.54) is 10.6 Å². The van der Waals surface area contributed by atoms with E-state index in [0.29, 0.717) is 4.91 Å². The number of thioether (sulfide) groups is 1. The summed E-state index contributed by atoms with van der Waals surface area (Å²) in [5.41, 5.74) is 7.41. The number of hydrogen-bond donors (Lipinski definition) is 0. The monoisotopic (exact) mass is 487 g/mol. The fourth-order valence-corrected chi connectivity index (χ4v) is 5.45. The molecule has 180 valence electrons. The molecule has 0 saturated carbocycles. The largest absolute Gasteiger partial charge is 0.378 e. The Bertz CT molecular complexity index is 1290. The molecule has 2 fully saturated rings. The Labute approximate surface area is 210 Å². The van der Waals surface area contributed by atoms with Gasteiger partial charge in [0.25, 0.3) is 11.1 Å². The SMILES string of the molecule is Cc1ccc(CN2C(=O)S/C(=C\c3cc(C)n(-c4ccc(N5CCOCC5)cc4)c3C)C2=O)cc1. The van der Waals surface area contributed by atoms with Gasteiger partial charge in [0.1, 0.15) is 0 Å². The van der Waals surface area contributed by atoms with Crippen LogP contribution in [0.3, 0.4) is 0 Å². The maximum absolute atomic E-state index is 13.0. The summed E-state index contributed by atoms with van der Waals surface area (Å²) in [4.78, 5) is 29.8. The van der Waals surface area contributed by atoms with Crippen molar-refractivity contribution < 1.29 is 14.3 Å². The zero-order chi connectivity index (χ0) is 24.5. The molecular weight excluding hydrogens is 458 g/mol. The lowest BCUT2D eigenvalue weighted by Gasteiger charge is -2.29. The third-order valence-electron chi connectivity index (χ3n) is 6.58. The number of ether oxygens (including phenoxy) is 1. The Kier molecular flexibility index (Phi) is 6.54. The average molecular weight is 488 g/mol. The van der Waals surface area contributed by atoms with Gasteiger partial charge in [-0.3, -0.25) is 14.5 Å². The summed E-state index contributed by atoms with van der Waals surface area (Å²) in [5.74, 6) is -0.236. The van der Waals surface area contributed by atoms with Crippen molar-refractivity contribution in [2.24, 2.45) is 0 Å². The predicted molar refractivity (Wildman–Crippen MR) is 141 cm³/mol. The molecule has 5 rings (SSSR count). The van der Waals surface area contributed by atoms with Gasteiger partial charge >= 0.3 is 0 Å². The first-order valence-electron chi connectivity index (χ1n) is 11.8. The highest BCUT2D eigenvalue weighted by Gasteiger charge is 2.35. The number of aryl methyl sites for hydroxylation is 2. The molecule has 3 heterocycles. The standard InChI is InChI=1S/C28H29N3O3S/c1-19-4-6-22(7-5-19)18-30-27(32)26(35-28(30)33)17-23-16-20(2)31(21(23)3)25-10-8-24(9-11-25)29-12-14-34-15-13-29/h4-11,16-17H,12-15,18H2,1-3H3/b26-17-. The normalized spacial score (nSPS) is 17.6. The van der Waals surface area contributed by atoms with E-state index in [4.69, 9.17) is 4.74 Å². The van der Waals surface area contributed by atoms with E-state index in [2.05, 4.69) is 46.7 Å². The summed E-state index contributed by atoms with van der Waals surface area (Å²) in [6, 6.07) is 18.5. The van der Waals surface area contributed by atoms with Crippen molar-refractivity contribution in [3.8, 4) is 5.69 Å². The van der Waals surface area contributed by atoms with Crippen LogP contribution in [0.4, 0.5) is 10.5 Å². The van der Waals surface area contributed by atoms with Crippen molar-refractivity contribution in [2.45, 2.75) is 27.3 Å². The van der Waals surface area contributed by atoms with Gasteiger partial charge in [0.05, 0.1) is 24.7 Å². The summed E-state index contributed by atoms with van der Waals surface area (Å²) in [7, 11) is 0. The number of anilines is 1. The van der Waals surface area contributed by atoms with Gasteiger partial charge in [-0.05, 0) is 80.1 Å². The van der Waals surface area contributed by atoms with Gasteiger partial charge in [-0.2, -0.15) is 0 Å². The Morgan fingerprint density at radius 3 is 2.26 bits per heavy atom. The molecule has 0 spiro atoms. The van der Waals surface area contributed by atoms with E-state index < -0.39 is 0 Å². The fourth-order valence-electron chi connectivity index (χ4n) is 4.62. The molecule has 2 aliphatic rings. The quantitative estimate of drug-likeness (QED) is 0.447. The van der Waals surface area contributed by atoms with E-state index in [0.717, 1.165) is 71.8 Å². The van der Waals surface area contributed by atoms with Gasteiger partial charge < -0.3 is 14.2 Å². The number of morpholine rings is 1. The van der Waals surface area contributed by atoms with Crippen molar-refractivity contribution in [3.63, 3.8) is 0 Å². The van der Waals surface area contributed by atoms with E-state index >= 15 is 0 Å². The Balaban J connectivity index is 1.36. The van der Waals surface area contributed by atoms with Crippen LogP contribution in [0.25, 0.3) is 11.8 Å². The lowest BCUT2D eigenvalue weighted by molar-refractivity contribution is -0.123. The van der Waals surface area contributed by atoms with Crippen LogP contribution in [0.2, 0.25) is 0 Å². The maximum Gasteiger partial charge on any atom is 0.293 e. The molecule has 0 radical (unpaired) electrons. The molecule has 3 aromatic rings. The summed E-state index contributed by atoms with van der Waals surface area (Å²) in [6.45, 7) is 9.75. The minimum atomic E-state index is -0.236. The molecule has 0 aliphatic carbocycles. The van der Waals surface area contributed by atoms with Crippen LogP contribution < -0.4 is 4.90 Å². The number of rotatable bonds is 5. The zero-order valence-corrected chi connectivity index (χ0v) is 21.1. The summed E-state index contributed by atoms with van der Waals surface area (Å²) in [5, 5.41) is -0.227. The number of amides is 2. The highest BCUT2D eigenvalue weighted by atomic mass is 32.2.